The van der Waals surface area contributed by atoms with E-state index in [9.17, 15) is 9.59 Å². The minimum atomic E-state index is -0.357. The molecule has 1 aliphatic rings. The summed E-state index contributed by atoms with van der Waals surface area (Å²) in [5.74, 6) is -0.324. The van der Waals surface area contributed by atoms with E-state index in [0.29, 0.717) is 36.6 Å². The molecule has 0 saturated heterocycles. The fourth-order valence-corrected chi connectivity index (χ4v) is 3.84. The van der Waals surface area contributed by atoms with E-state index in [1.165, 1.54) is 11.3 Å². The lowest BCUT2D eigenvalue weighted by molar-refractivity contribution is -0.144. The molecule has 1 aliphatic carbocycles. The van der Waals surface area contributed by atoms with Crippen molar-refractivity contribution >= 4 is 28.3 Å². The standard InChI is InChI=1S/C15H21NO4S/c1-3-19-12(17)8-9-5-6-11-10(7-9)13(14(16)21-11)15(18)20-4-2/h9H,3-8,16H2,1-2H3. The van der Waals surface area contributed by atoms with Gasteiger partial charge in [-0.2, -0.15) is 0 Å². The van der Waals surface area contributed by atoms with Gasteiger partial charge in [0.2, 0.25) is 0 Å². The molecule has 0 saturated carbocycles. The molecule has 1 aromatic heterocycles. The van der Waals surface area contributed by atoms with Crippen LogP contribution in [0.5, 0.6) is 0 Å². The first kappa shape index (κ1) is 15.8. The molecule has 5 nitrogen and oxygen atoms in total. The van der Waals surface area contributed by atoms with Crippen molar-refractivity contribution in [3.8, 4) is 0 Å². The Bertz CT molecular complexity index is 538. The summed E-state index contributed by atoms with van der Waals surface area (Å²) in [5.41, 5.74) is 7.45. The Morgan fingerprint density at radius 3 is 2.67 bits per heavy atom. The topological polar surface area (TPSA) is 78.6 Å². The van der Waals surface area contributed by atoms with E-state index < -0.39 is 0 Å². The van der Waals surface area contributed by atoms with Gasteiger partial charge in [-0.1, -0.05) is 0 Å². The number of hydrogen-bond donors (Lipinski definition) is 1. The number of fused-ring (bicyclic) bond motifs is 1. The van der Waals surface area contributed by atoms with E-state index >= 15 is 0 Å². The van der Waals surface area contributed by atoms with E-state index in [4.69, 9.17) is 15.2 Å². The number of ether oxygens (including phenoxy) is 2. The van der Waals surface area contributed by atoms with Crippen molar-refractivity contribution in [2.45, 2.75) is 39.5 Å². The van der Waals surface area contributed by atoms with E-state index in [-0.39, 0.29) is 17.9 Å². The highest BCUT2D eigenvalue weighted by molar-refractivity contribution is 7.16. The van der Waals surface area contributed by atoms with Crippen LogP contribution in [0.15, 0.2) is 0 Å². The molecule has 1 heterocycles. The van der Waals surface area contributed by atoms with Crippen LogP contribution in [0.3, 0.4) is 0 Å². The van der Waals surface area contributed by atoms with Crippen molar-refractivity contribution in [3.63, 3.8) is 0 Å². The Labute approximate surface area is 128 Å². The Balaban J connectivity index is 2.15. The van der Waals surface area contributed by atoms with Gasteiger partial charge in [0.05, 0.1) is 18.8 Å². The molecule has 2 N–H and O–H groups in total. The van der Waals surface area contributed by atoms with Crippen molar-refractivity contribution < 1.29 is 19.1 Å². The number of hydrogen-bond acceptors (Lipinski definition) is 6. The van der Waals surface area contributed by atoms with E-state index in [1.807, 2.05) is 0 Å². The van der Waals surface area contributed by atoms with Crippen LogP contribution in [0.25, 0.3) is 0 Å². The minimum absolute atomic E-state index is 0.174. The third-order valence-corrected chi connectivity index (χ3v) is 4.75. The average molecular weight is 311 g/mol. The molecule has 1 aromatic rings. The predicted octanol–water partition coefficient (Wildman–Crippen LogP) is 2.57. The number of thiophene rings is 1. The highest BCUT2D eigenvalue weighted by atomic mass is 32.1. The number of rotatable bonds is 5. The Hall–Kier alpha value is -1.56. The maximum Gasteiger partial charge on any atom is 0.341 e. The summed E-state index contributed by atoms with van der Waals surface area (Å²) in [6.07, 6.45) is 2.86. The number of esters is 2. The number of carbonyl (C=O) groups is 2. The predicted molar refractivity (Wildman–Crippen MR) is 81.5 cm³/mol. The summed E-state index contributed by atoms with van der Waals surface area (Å²) in [5, 5.41) is 0.523. The first-order valence-electron chi connectivity index (χ1n) is 7.29. The molecule has 0 amide bonds. The van der Waals surface area contributed by atoms with Crippen molar-refractivity contribution in [1.82, 2.24) is 0 Å². The van der Waals surface area contributed by atoms with E-state index in [0.717, 1.165) is 23.3 Å². The SMILES string of the molecule is CCOC(=O)CC1CCc2sc(N)c(C(=O)OCC)c2C1. The maximum atomic E-state index is 12.0. The van der Waals surface area contributed by atoms with Crippen LogP contribution in [0.1, 0.15) is 47.5 Å². The highest BCUT2D eigenvalue weighted by Crippen LogP contribution is 2.39. The van der Waals surface area contributed by atoms with Gasteiger partial charge in [0.1, 0.15) is 5.00 Å². The largest absolute Gasteiger partial charge is 0.466 e. The molecule has 0 fully saturated rings. The smallest absolute Gasteiger partial charge is 0.341 e. The molecule has 2 rings (SSSR count). The van der Waals surface area contributed by atoms with Gasteiger partial charge in [-0.3, -0.25) is 4.79 Å². The van der Waals surface area contributed by atoms with Crippen molar-refractivity contribution in [3.05, 3.63) is 16.0 Å². The Kier molecular flexibility index (Phi) is 5.22. The van der Waals surface area contributed by atoms with Gasteiger partial charge < -0.3 is 15.2 Å². The van der Waals surface area contributed by atoms with Gasteiger partial charge in [-0.15, -0.1) is 11.3 Å². The van der Waals surface area contributed by atoms with Crippen LogP contribution in [-0.2, 0) is 27.1 Å². The van der Waals surface area contributed by atoms with E-state index in [2.05, 4.69) is 0 Å². The lowest BCUT2D eigenvalue weighted by Gasteiger charge is -2.22. The van der Waals surface area contributed by atoms with Crippen LogP contribution in [0.4, 0.5) is 5.00 Å². The third-order valence-electron chi connectivity index (χ3n) is 3.63. The van der Waals surface area contributed by atoms with Gasteiger partial charge in [0, 0.05) is 11.3 Å². The molecule has 0 spiro atoms. The van der Waals surface area contributed by atoms with Crippen LogP contribution < -0.4 is 5.73 Å². The first-order chi connectivity index (χ1) is 10.1. The molecule has 0 bridgehead atoms. The first-order valence-corrected chi connectivity index (χ1v) is 8.11. The molecule has 0 aliphatic heterocycles. The van der Waals surface area contributed by atoms with Crippen molar-refractivity contribution in [2.75, 3.05) is 18.9 Å². The molecule has 21 heavy (non-hydrogen) atoms. The zero-order chi connectivity index (χ0) is 15.4. The van der Waals surface area contributed by atoms with Gasteiger partial charge in [0.25, 0.3) is 0 Å². The van der Waals surface area contributed by atoms with Gasteiger partial charge in [-0.25, -0.2) is 4.79 Å². The molecular weight excluding hydrogens is 290 g/mol. The van der Waals surface area contributed by atoms with Crippen LogP contribution in [0, 0.1) is 5.92 Å². The van der Waals surface area contributed by atoms with Gasteiger partial charge in [0.15, 0.2) is 0 Å². The number of aryl methyl sites for hydroxylation is 1. The molecule has 116 valence electrons. The third kappa shape index (κ3) is 3.56. The second-order valence-electron chi connectivity index (χ2n) is 5.08. The number of anilines is 1. The van der Waals surface area contributed by atoms with Gasteiger partial charge in [-0.05, 0) is 44.6 Å². The lowest BCUT2D eigenvalue weighted by Crippen LogP contribution is -2.20. The van der Waals surface area contributed by atoms with Crippen LogP contribution >= 0.6 is 11.3 Å². The van der Waals surface area contributed by atoms with Gasteiger partial charge >= 0.3 is 11.9 Å². The summed E-state index contributed by atoms with van der Waals surface area (Å²) < 4.78 is 10.1. The lowest BCUT2D eigenvalue weighted by atomic mass is 9.84. The minimum Gasteiger partial charge on any atom is -0.466 e. The number of nitrogen functional groups attached to an aromatic ring is 1. The summed E-state index contributed by atoms with van der Waals surface area (Å²) in [4.78, 5) is 24.8. The highest BCUT2D eigenvalue weighted by Gasteiger charge is 2.30. The Morgan fingerprint density at radius 2 is 2.00 bits per heavy atom. The zero-order valence-corrected chi connectivity index (χ0v) is 13.3. The quantitative estimate of drug-likeness (QED) is 0.846. The maximum absolute atomic E-state index is 12.0. The second-order valence-corrected chi connectivity index (χ2v) is 6.22. The number of carbonyl (C=O) groups excluding carboxylic acids is 2. The van der Waals surface area contributed by atoms with Crippen LogP contribution in [0.2, 0.25) is 0 Å². The summed E-state index contributed by atoms with van der Waals surface area (Å²) >= 11 is 1.46. The summed E-state index contributed by atoms with van der Waals surface area (Å²) in [6.45, 7) is 4.30. The number of nitrogens with two attached hydrogens (primary N) is 1. The second kappa shape index (κ2) is 6.93. The normalized spacial score (nSPS) is 17.1. The molecule has 0 aromatic carbocycles. The van der Waals surface area contributed by atoms with Crippen molar-refractivity contribution in [2.24, 2.45) is 5.92 Å². The fourth-order valence-electron chi connectivity index (χ4n) is 2.73. The summed E-state index contributed by atoms with van der Waals surface area (Å²) in [7, 11) is 0. The molecule has 6 heteroatoms. The fraction of sp³-hybridized carbons (Fsp3) is 0.600. The molecule has 1 unspecified atom stereocenters. The average Bonchev–Trinajstić information content (AvgIpc) is 2.74. The van der Waals surface area contributed by atoms with Crippen LogP contribution in [-0.4, -0.2) is 25.2 Å². The molecule has 0 radical (unpaired) electrons. The monoisotopic (exact) mass is 311 g/mol. The Morgan fingerprint density at radius 1 is 1.29 bits per heavy atom. The molecule has 1 atom stereocenters. The molecular formula is C15H21NO4S. The summed E-state index contributed by atoms with van der Waals surface area (Å²) in [6, 6.07) is 0. The zero-order valence-electron chi connectivity index (χ0n) is 12.4. The van der Waals surface area contributed by atoms with E-state index in [1.54, 1.807) is 13.8 Å². The van der Waals surface area contributed by atoms with Crippen molar-refractivity contribution in [1.29, 1.82) is 0 Å².